The lowest BCUT2D eigenvalue weighted by atomic mass is 10.2. The Bertz CT molecular complexity index is 548. The predicted octanol–water partition coefficient (Wildman–Crippen LogP) is 2.46. The third-order valence-electron chi connectivity index (χ3n) is 2.55. The maximum absolute atomic E-state index is 12.8. The lowest BCUT2D eigenvalue weighted by Crippen LogP contribution is -2.26. The van der Waals surface area contributed by atoms with Gasteiger partial charge in [0.15, 0.2) is 5.76 Å². The minimum atomic E-state index is -0.312. The van der Waals surface area contributed by atoms with Gasteiger partial charge in [-0.25, -0.2) is 4.39 Å². The summed E-state index contributed by atoms with van der Waals surface area (Å²) in [6, 6.07) is 9.15. The molecule has 4 nitrogen and oxygen atoms in total. The van der Waals surface area contributed by atoms with E-state index in [9.17, 15) is 9.18 Å². The van der Waals surface area contributed by atoms with Crippen LogP contribution in [0.4, 0.5) is 4.39 Å². The van der Waals surface area contributed by atoms with Gasteiger partial charge >= 0.3 is 0 Å². The van der Waals surface area contributed by atoms with Gasteiger partial charge in [0.2, 0.25) is 0 Å². The maximum Gasteiger partial charge on any atom is 0.287 e. The van der Waals surface area contributed by atoms with Gasteiger partial charge in [0.1, 0.15) is 11.6 Å². The van der Waals surface area contributed by atoms with Crippen molar-refractivity contribution >= 4 is 5.91 Å². The van der Waals surface area contributed by atoms with Crippen LogP contribution in [0.1, 0.15) is 10.6 Å². The van der Waals surface area contributed by atoms with Gasteiger partial charge in [-0.3, -0.25) is 4.79 Å². The highest BCUT2D eigenvalue weighted by Crippen LogP contribution is 2.22. The number of ether oxygens (including phenoxy) is 1. The lowest BCUT2D eigenvalue weighted by molar-refractivity contribution is 0.0910. The first-order chi connectivity index (χ1) is 9.20. The van der Waals surface area contributed by atoms with Crippen molar-refractivity contribution in [2.75, 3.05) is 20.3 Å². The Morgan fingerprint density at radius 3 is 2.68 bits per heavy atom. The number of hydrogen-bond acceptors (Lipinski definition) is 3. The molecule has 0 unspecified atom stereocenters. The van der Waals surface area contributed by atoms with E-state index in [0.29, 0.717) is 18.9 Å². The van der Waals surface area contributed by atoms with Crippen LogP contribution in [-0.4, -0.2) is 26.2 Å². The molecule has 0 saturated carbocycles. The number of carbonyl (C=O) groups excluding carboxylic acids is 1. The van der Waals surface area contributed by atoms with Gasteiger partial charge in [0.25, 0.3) is 5.91 Å². The SMILES string of the molecule is COCCNC(=O)c1ccc(-c2ccc(F)cc2)o1. The number of halogens is 1. The van der Waals surface area contributed by atoms with Gasteiger partial charge in [-0.15, -0.1) is 0 Å². The fraction of sp³-hybridized carbons (Fsp3) is 0.214. The molecule has 0 aliphatic rings. The number of nitrogens with one attached hydrogen (secondary N) is 1. The van der Waals surface area contributed by atoms with Crippen molar-refractivity contribution in [2.45, 2.75) is 0 Å². The number of furan rings is 1. The quantitative estimate of drug-likeness (QED) is 0.843. The number of carbonyl (C=O) groups is 1. The van der Waals surface area contributed by atoms with E-state index in [1.165, 1.54) is 12.1 Å². The highest BCUT2D eigenvalue weighted by Gasteiger charge is 2.11. The van der Waals surface area contributed by atoms with E-state index in [1.807, 2.05) is 0 Å². The van der Waals surface area contributed by atoms with Gasteiger partial charge in [-0.1, -0.05) is 0 Å². The van der Waals surface area contributed by atoms with Crippen molar-refractivity contribution < 1.29 is 18.3 Å². The van der Waals surface area contributed by atoms with Gasteiger partial charge in [-0.2, -0.15) is 0 Å². The first kappa shape index (κ1) is 13.3. The van der Waals surface area contributed by atoms with Crippen LogP contribution in [0.5, 0.6) is 0 Å². The molecule has 1 aromatic carbocycles. The second-order valence-electron chi connectivity index (χ2n) is 3.92. The summed E-state index contributed by atoms with van der Waals surface area (Å²) in [7, 11) is 1.56. The van der Waals surface area contributed by atoms with E-state index < -0.39 is 0 Å². The molecule has 1 aromatic heterocycles. The van der Waals surface area contributed by atoms with Gasteiger partial charge < -0.3 is 14.5 Å². The first-order valence-electron chi connectivity index (χ1n) is 5.83. The van der Waals surface area contributed by atoms with Crippen LogP contribution in [0, 0.1) is 5.82 Å². The zero-order valence-corrected chi connectivity index (χ0v) is 10.5. The van der Waals surface area contributed by atoms with Crippen molar-refractivity contribution in [3.8, 4) is 11.3 Å². The van der Waals surface area contributed by atoms with E-state index in [2.05, 4.69) is 5.32 Å². The summed E-state index contributed by atoms with van der Waals surface area (Å²) < 4.78 is 23.1. The standard InChI is InChI=1S/C14H14FNO3/c1-18-9-8-16-14(17)13-7-6-12(19-13)10-2-4-11(15)5-3-10/h2-7H,8-9H2,1H3,(H,16,17). The number of hydrogen-bond donors (Lipinski definition) is 1. The number of amides is 1. The Morgan fingerprint density at radius 1 is 1.26 bits per heavy atom. The fourth-order valence-electron chi connectivity index (χ4n) is 1.58. The van der Waals surface area contributed by atoms with E-state index in [4.69, 9.17) is 9.15 Å². The van der Waals surface area contributed by atoms with Crippen molar-refractivity contribution in [1.29, 1.82) is 0 Å². The Morgan fingerprint density at radius 2 is 2.00 bits per heavy atom. The molecule has 2 aromatic rings. The predicted molar refractivity (Wildman–Crippen MR) is 68.3 cm³/mol. The minimum absolute atomic E-state index is 0.218. The Kier molecular flexibility index (Phi) is 4.30. The average molecular weight is 263 g/mol. The molecule has 0 aliphatic carbocycles. The molecule has 100 valence electrons. The lowest BCUT2D eigenvalue weighted by Gasteiger charge is -2.01. The van der Waals surface area contributed by atoms with Crippen LogP contribution in [0.2, 0.25) is 0 Å². The molecule has 2 rings (SSSR count). The molecule has 19 heavy (non-hydrogen) atoms. The topological polar surface area (TPSA) is 51.5 Å². The third-order valence-corrected chi connectivity index (χ3v) is 2.55. The molecule has 0 aliphatic heterocycles. The molecule has 5 heteroatoms. The number of rotatable bonds is 5. The summed E-state index contributed by atoms with van der Waals surface area (Å²) in [5.74, 6) is 0.130. The number of methoxy groups -OCH3 is 1. The summed E-state index contributed by atoms with van der Waals surface area (Å²) in [6.07, 6.45) is 0. The minimum Gasteiger partial charge on any atom is -0.451 e. The van der Waals surface area contributed by atoms with Crippen molar-refractivity contribution in [3.63, 3.8) is 0 Å². The molecular weight excluding hydrogens is 249 g/mol. The van der Waals surface area contributed by atoms with Gasteiger partial charge in [0, 0.05) is 19.2 Å². The smallest absolute Gasteiger partial charge is 0.287 e. The van der Waals surface area contributed by atoms with Crippen LogP contribution in [0.25, 0.3) is 11.3 Å². The molecule has 0 bridgehead atoms. The summed E-state index contributed by atoms with van der Waals surface area (Å²) >= 11 is 0. The Balaban J connectivity index is 2.06. The summed E-state index contributed by atoms with van der Waals surface area (Å²) in [6.45, 7) is 0.860. The van der Waals surface area contributed by atoms with Crippen molar-refractivity contribution in [1.82, 2.24) is 5.32 Å². The molecule has 0 spiro atoms. The monoisotopic (exact) mass is 263 g/mol. The van der Waals surface area contributed by atoms with Crippen LogP contribution in [0.3, 0.4) is 0 Å². The Hall–Kier alpha value is -2.14. The third kappa shape index (κ3) is 3.42. The molecule has 1 amide bonds. The molecule has 0 atom stereocenters. The molecule has 1 heterocycles. The molecule has 1 N–H and O–H groups in total. The number of benzene rings is 1. The van der Waals surface area contributed by atoms with E-state index in [0.717, 1.165) is 5.56 Å². The summed E-state index contributed by atoms with van der Waals surface area (Å²) in [5, 5.41) is 2.66. The van der Waals surface area contributed by atoms with Crippen molar-refractivity contribution in [2.24, 2.45) is 0 Å². The largest absolute Gasteiger partial charge is 0.451 e. The van der Waals surface area contributed by atoms with E-state index in [1.54, 1.807) is 31.4 Å². The van der Waals surface area contributed by atoms with E-state index in [-0.39, 0.29) is 17.5 Å². The Labute approximate surface area is 110 Å². The van der Waals surface area contributed by atoms with Crippen molar-refractivity contribution in [3.05, 3.63) is 48.0 Å². The normalized spacial score (nSPS) is 10.4. The second kappa shape index (κ2) is 6.15. The van der Waals surface area contributed by atoms with Crippen LogP contribution >= 0.6 is 0 Å². The molecular formula is C14H14FNO3. The van der Waals surface area contributed by atoms with Crippen LogP contribution < -0.4 is 5.32 Å². The molecule has 0 saturated heterocycles. The van der Waals surface area contributed by atoms with Gasteiger partial charge in [-0.05, 0) is 36.4 Å². The second-order valence-corrected chi connectivity index (χ2v) is 3.92. The van der Waals surface area contributed by atoms with Crippen LogP contribution in [0.15, 0.2) is 40.8 Å². The zero-order chi connectivity index (χ0) is 13.7. The summed E-state index contributed by atoms with van der Waals surface area (Å²) in [5.41, 5.74) is 0.720. The fourth-order valence-corrected chi connectivity index (χ4v) is 1.58. The zero-order valence-electron chi connectivity index (χ0n) is 10.5. The molecule has 0 radical (unpaired) electrons. The van der Waals surface area contributed by atoms with Gasteiger partial charge in [0.05, 0.1) is 6.61 Å². The highest BCUT2D eigenvalue weighted by molar-refractivity contribution is 5.92. The molecule has 0 fully saturated rings. The van der Waals surface area contributed by atoms with Crippen LogP contribution in [-0.2, 0) is 4.74 Å². The average Bonchev–Trinajstić information content (AvgIpc) is 2.89. The first-order valence-corrected chi connectivity index (χ1v) is 5.83. The maximum atomic E-state index is 12.8. The summed E-state index contributed by atoms with van der Waals surface area (Å²) in [4.78, 5) is 11.7. The van der Waals surface area contributed by atoms with E-state index >= 15 is 0 Å². The highest BCUT2D eigenvalue weighted by atomic mass is 19.1.